The Bertz CT molecular complexity index is 891. The Balaban J connectivity index is 2.07. The monoisotopic (exact) mass is 532 g/mol. The van der Waals surface area contributed by atoms with Crippen molar-refractivity contribution in [3.05, 3.63) is 60.7 Å². The Morgan fingerprint density at radius 2 is 0.947 bits per heavy atom. The van der Waals surface area contributed by atoms with Crippen molar-refractivity contribution < 1.29 is 48.1 Å². The van der Waals surface area contributed by atoms with Gasteiger partial charge in [0.15, 0.2) is 0 Å². The summed E-state index contributed by atoms with van der Waals surface area (Å²) in [4.78, 5) is 46.0. The average molecular weight is 533 g/mol. The van der Waals surface area contributed by atoms with E-state index in [0.717, 1.165) is 38.5 Å². The minimum Gasteiger partial charge on any atom is -0.496 e. The summed E-state index contributed by atoms with van der Waals surface area (Å²) in [6.07, 6.45) is 6.72. The van der Waals surface area contributed by atoms with Gasteiger partial charge in [0.1, 0.15) is 34.1 Å². The molecule has 0 aliphatic carbocycles. The van der Waals surface area contributed by atoms with Crippen LogP contribution in [0.25, 0.3) is 0 Å². The molecular formula is C28H36O10. The maximum atomic E-state index is 12.8. The van der Waals surface area contributed by atoms with Gasteiger partial charge in [-0.05, 0) is 30.7 Å². The molecular weight excluding hydrogens is 496 g/mol. The normalized spacial score (nSPS) is 10.7. The number of rotatable bonds is 18. The molecule has 2 aromatic carbocycles. The fraction of sp³-hybridized carbons (Fsp3) is 0.429. The molecule has 0 atom stereocenters. The summed E-state index contributed by atoms with van der Waals surface area (Å²) in [7, 11) is 5.65. The molecule has 0 saturated heterocycles. The summed E-state index contributed by atoms with van der Waals surface area (Å²) in [5, 5.41) is 0. The standard InChI is InChI=1S/C28H36O10/c1-6-7-8-9-10-11-12-19-24(35-37-27(29)25-20(31-2)15-13-16-21(25)32-3)36-38-28(30)26-22(33-4)17-14-18-23(26)34-5/h13-18H,1,6-12,19H2,2-5H3. The van der Waals surface area contributed by atoms with E-state index in [1.54, 1.807) is 36.4 Å². The lowest BCUT2D eigenvalue weighted by atomic mass is 10.1. The second kappa shape index (κ2) is 17.1. The van der Waals surface area contributed by atoms with Gasteiger partial charge in [-0.1, -0.05) is 57.6 Å². The number of carbonyl (C=O) groups excluding carboxylic acids is 2. The quantitative estimate of drug-likeness (QED) is 0.128. The van der Waals surface area contributed by atoms with Crippen LogP contribution in [0.1, 0.15) is 72.1 Å². The van der Waals surface area contributed by atoms with E-state index in [1.807, 2.05) is 0 Å². The first-order chi connectivity index (χ1) is 18.5. The van der Waals surface area contributed by atoms with Crippen LogP contribution in [0.2, 0.25) is 0 Å². The van der Waals surface area contributed by atoms with E-state index in [-0.39, 0.29) is 46.8 Å². The van der Waals surface area contributed by atoms with Gasteiger partial charge in [0, 0.05) is 6.42 Å². The third-order valence-electron chi connectivity index (χ3n) is 5.57. The van der Waals surface area contributed by atoms with Crippen LogP contribution < -0.4 is 18.9 Å². The van der Waals surface area contributed by atoms with Crippen molar-refractivity contribution in [2.75, 3.05) is 28.4 Å². The Morgan fingerprint density at radius 1 is 0.579 bits per heavy atom. The smallest absolute Gasteiger partial charge is 0.380 e. The molecule has 10 nitrogen and oxygen atoms in total. The third-order valence-corrected chi connectivity index (χ3v) is 5.57. The van der Waals surface area contributed by atoms with Crippen LogP contribution in [0.5, 0.6) is 23.0 Å². The van der Waals surface area contributed by atoms with Gasteiger partial charge in [-0.15, -0.1) is 9.78 Å². The van der Waals surface area contributed by atoms with E-state index in [0.29, 0.717) is 6.42 Å². The third kappa shape index (κ3) is 9.11. The SMILES string of the molecule is [CH2]CCCCCCCC[C](OOC(=O)c1c(OC)cccc1OC)OOC(=O)c1c(OC)cccc1OC. The molecule has 0 aromatic heterocycles. The summed E-state index contributed by atoms with van der Waals surface area (Å²) in [5.74, 6) is -0.831. The van der Waals surface area contributed by atoms with E-state index in [2.05, 4.69) is 6.92 Å². The lowest BCUT2D eigenvalue weighted by Crippen LogP contribution is -2.17. The van der Waals surface area contributed by atoms with Gasteiger partial charge >= 0.3 is 18.2 Å². The molecule has 208 valence electrons. The lowest BCUT2D eigenvalue weighted by Gasteiger charge is -2.16. The molecule has 0 unspecified atom stereocenters. The van der Waals surface area contributed by atoms with Crippen molar-refractivity contribution in [2.24, 2.45) is 0 Å². The zero-order valence-electron chi connectivity index (χ0n) is 22.4. The first-order valence-corrected chi connectivity index (χ1v) is 12.3. The number of ether oxygens (including phenoxy) is 4. The highest BCUT2D eigenvalue weighted by molar-refractivity contribution is 5.96. The summed E-state index contributed by atoms with van der Waals surface area (Å²) < 4.78 is 20.9. The molecule has 0 N–H and O–H groups in total. The van der Waals surface area contributed by atoms with Gasteiger partial charge in [-0.25, -0.2) is 9.59 Å². The zero-order valence-corrected chi connectivity index (χ0v) is 22.4. The fourth-order valence-electron chi connectivity index (χ4n) is 3.61. The van der Waals surface area contributed by atoms with E-state index in [1.165, 1.54) is 28.4 Å². The van der Waals surface area contributed by atoms with Crippen molar-refractivity contribution in [2.45, 2.75) is 51.4 Å². The first kappa shape index (κ1) is 30.7. The molecule has 0 amide bonds. The number of unbranched alkanes of at least 4 members (excludes halogenated alkanes) is 6. The highest BCUT2D eigenvalue weighted by atomic mass is 17.3. The van der Waals surface area contributed by atoms with Crippen LogP contribution in [-0.2, 0) is 19.6 Å². The van der Waals surface area contributed by atoms with Crippen LogP contribution in [0.3, 0.4) is 0 Å². The molecule has 38 heavy (non-hydrogen) atoms. The second-order valence-electron chi connectivity index (χ2n) is 8.08. The van der Waals surface area contributed by atoms with E-state index in [4.69, 9.17) is 38.5 Å². The maximum absolute atomic E-state index is 12.8. The Kier molecular flexibility index (Phi) is 13.8. The van der Waals surface area contributed by atoms with E-state index < -0.39 is 11.9 Å². The minimum atomic E-state index is -0.883. The van der Waals surface area contributed by atoms with Crippen LogP contribution in [0.15, 0.2) is 36.4 Å². The highest BCUT2D eigenvalue weighted by Gasteiger charge is 2.27. The van der Waals surface area contributed by atoms with Gasteiger partial charge in [-0.2, -0.15) is 0 Å². The molecule has 0 heterocycles. The van der Waals surface area contributed by atoms with Crippen LogP contribution in [0.4, 0.5) is 0 Å². The fourth-order valence-corrected chi connectivity index (χ4v) is 3.61. The average Bonchev–Trinajstić information content (AvgIpc) is 2.96. The Labute approximate surface area is 223 Å². The van der Waals surface area contributed by atoms with Crippen molar-refractivity contribution in [3.8, 4) is 23.0 Å². The Morgan fingerprint density at radius 3 is 1.32 bits per heavy atom. The maximum Gasteiger partial charge on any atom is 0.380 e. The lowest BCUT2D eigenvalue weighted by molar-refractivity contribution is -0.364. The van der Waals surface area contributed by atoms with Crippen LogP contribution in [0, 0.1) is 13.2 Å². The number of benzene rings is 2. The molecule has 0 fully saturated rings. The summed E-state index contributed by atoms with van der Waals surface area (Å²) in [6, 6.07) is 9.65. The zero-order chi connectivity index (χ0) is 27.8. The van der Waals surface area contributed by atoms with Crippen molar-refractivity contribution in [1.82, 2.24) is 0 Å². The van der Waals surface area contributed by atoms with E-state index >= 15 is 0 Å². The van der Waals surface area contributed by atoms with Crippen LogP contribution >= 0.6 is 0 Å². The largest absolute Gasteiger partial charge is 0.496 e. The van der Waals surface area contributed by atoms with Gasteiger partial charge in [0.25, 0.3) is 0 Å². The minimum absolute atomic E-state index is 0.0259. The van der Waals surface area contributed by atoms with Crippen molar-refractivity contribution in [1.29, 1.82) is 0 Å². The molecule has 0 aliphatic heterocycles. The molecule has 2 rings (SSSR count). The summed E-state index contributed by atoms with van der Waals surface area (Å²) in [5.41, 5.74) is 0.0519. The number of methoxy groups -OCH3 is 4. The predicted molar refractivity (Wildman–Crippen MR) is 138 cm³/mol. The second-order valence-corrected chi connectivity index (χ2v) is 8.08. The molecule has 0 spiro atoms. The van der Waals surface area contributed by atoms with Crippen LogP contribution in [-0.4, -0.2) is 40.4 Å². The predicted octanol–water partition coefficient (Wildman–Crippen LogP) is 6.04. The molecule has 0 saturated carbocycles. The molecule has 0 bridgehead atoms. The number of hydrogen-bond donors (Lipinski definition) is 0. The highest BCUT2D eigenvalue weighted by Crippen LogP contribution is 2.31. The van der Waals surface area contributed by atoms with Gasteiger partial charge in [-0.3, -0.25) is 9.78 Å². The van der Waals surface area contributed by atoms with E-state index in [9.17, 15) is 9.59 Å². The summed E-state index contributed by atoms with van der Waals surface area (Å²) >= 11 is 0. The van der Waals surface area contributed by atoms with Gasteiger partial charge in [0.2, 0.25) is 0 Å². The molecule has 0 aliphatic rings. The Hall–Kier alpha value is -3.50. The molecule has 2 aromatic rings. The molecule has 2 radical (unpaired) electrons. The first-order valence-electron chi connectivity index (χ1n) is 12.3. The van der Waals surface area contributed by atoms with Gasteiger partial charge < -0.3 is 18.9 Å². The van der Waals surface area contributed by atoms with Gasteiger partial charge in [0.05, 0.1) is 28.4 Å². The van der Waals surface area contributed by atoms with Crippen molar-refractivity contribution in [3.63, 3.8) is 0 Å². The van der Waals surface area contributed by atoms with Crippen molar-refractivity contribution >= 4 is 11.9 Å². The molecule has 10 heteroatoms. The number of carbonyl (C=O) groups is 2. The summed E-state index contributed by atoms with van der Waals surface area (Å²) in [6.45, 7) is 3.85. The number of hydrogen-bond acceptors (Lipinski definition) is 10. The topological polar surface area (TPSA) is 108 Å².